The Labute approximate surface area is 307 Å². The van der Waals surface area contributed by atoms with Gasteiger partial charge < -0.3 is 9.13 Å². The van der Waals surface area contributed by atoms with Crippen LogP contribution in [-0.4, -0.2) is 19.1 Å². The van der Waals surface area contributed by atoms with Crippen LogP contribution < -0.4 is 0 Å². The second kappa shape index (κ2) is 11.1. The fourth-order valence-electron chi connectivity index (χ4n) is 8.94. The van der Waals surface area contributed by atoms with Gasteiger partial charge >= 0.3 is 0 Å². The van der Waals surface area contributed by atoms with Gasteiger partial charge in [0.1, 0.15) is 0 Å². The van der Waals surface area contributed by atoms with Crippen LogP contribution in [0.25, 0.3) is 88.8 Å². The number of fused-ring (bicyclic) bond motifs is 10. The van der Waals surface area contributed by atoms with Gasteiger partial charge in [0.05, 0.1) is 39.1 Å². The molecular formula is C49H34N4. The molecule has 1 aliphatic rings. The van der Waals surface area contributed by atoms with Gasteiger partial charge in [-0.15, -0.1) is 0 Å². The Morgan fingerprint density at radius 2 is 1.09 bits per heavy atom. The van der Waals surface area contributed by atoms with Crippen LogP contribution in [0.15, 0.2) is 170 Å². The predicted molar refractivity (Wildman–Crippen MR) is 219 cm³/mol. The summed E-state index contributed by atoms with van der Waals surface area (Å²) in [7, 11) is 0. The topological polar surface area (TPSA) is 35.6 Å². The van der Waals surface area contributed by atoms with E-state index >= 15 is 0 Å². The Kier molecular flexibility index (Phi) is 6.27. The molecule has 0 bridgehead atoms. The van der Waals surface area contributed by atoms with E-state index in [1.807, 2.05) is 6.07 Å². The van der Waals surface area contributed by atoms with Crippen LogP contribution in [0, 0.1) is 0 Å². The molecule has 0 spiro atoms. The third-order valence-corrected chi connectivity index (χ3v) is 11.3. The molecule has 0 saturated carbocycles. The highest BCUT2D eigenvalue weighted by atomic mass is 15.0. The number of hydrogen-bond donors (Lipinski definition) is 0. The van der Waals surface area contributed by atoms with Crippen LogP contribution in [0.1, 0.15) is 25.1 Å². The fraction of sp³-hybridized carbons (Fsp3) is 0.0612. The van der Waals surface area contributed by atoms with Crippen molar-refractivity contribution in [1.82, 2.24) is 19.1 Å². The van der Waals surface area contributed by atoms with Crippen molar-refractivity contribution in [3.63, 3.8) is 0 Å². The molecule has 0 radical (unpaired) electrons. The number of aromatic nitrogens is 4. The predicted octanol–water partition coefficient (Wildman–Crippen LogP) is 12.3. The van der Waals surface area contributed by atoms with Gasteiger partial charge in [-0.05, 0) is 47.5 Å². The van der Waals surface area contributed by atoms with E-state index in [1.165, 1.54) is 43.7 Å². The minimum absolute atomic E-state index is 0.286. The van der Waals surface area contributed by atoms with E-state index in [0.717, 1.165) is 56.3 Å². The zero-order chi connectivity index (χ0) is 35.3. The molecule has 1 aliphatic carbocycles. The summed E-state index contributed by atoms with van der Waals surface area (Å²) in [5, 5.41) is 4.94. The zero-order valence-corrected chi connectivity index (χ0v) is 29.5. The van der Waals surface area contributed by atoms with Crippen LogP contribution in [0.4, 0.5) is 0 Å². The zero-order valence-electron chi connectivity index (χ0n) is 29.5. The Hall–Kier alpha value is -6.78. The average Bonchev–Trinajstić information content (AvgIpc) is 3.81. The molecule has 0 saturated heterocycles. The van der Waals surface area contributed by atoms with Crippen molar-refractivity contribution < 1.29 is 0 Å². The molecule has 10 aromatic rings. The van der Waals surface area contributed by atoms with Crippen molar-refractivity contribution in [2.45, 2.75) is 19.3 Å². The normalized spacial score (nSPS) is 13.2. The largest absolute Gasteiger partial charge is 0.309 e. The lowest BCUT2D eigenvalue weighted by Crippen LogP contribution is -2.17. The molecule has 0 atom stereocenters. The Balaban J connectivity index is 1.27. The van der Waals surface area contributed by atoms with Crippen LogP contribution in [0.3, 0.4) is 0 Å². The third kappa shape index (κ3) is 4.18. The minimum atomic E-state index is -0.286. The highest BCUT2D eigenvalue weighted by Gasteiger charge is 2.40. The van der Waals surface area contributed by atoms with Crippen molar-refractivity contribution in [2.75, 3.05) is 0 Å². The quantitative estimate of drug-likeness (QED) is 0.186. The summed E-state index contributed by atoms with van der Waals surface area (Å²) in [5.74, 6) is 0.742. The Morgan fingerprint density at radius 1 is 0.472 bits per heavy atom. The molecule has 0 amide bonds. The van der Waals surface area contributed by atoms with E-state index in [1.54, 1.807) is 0 Å². The van der Waals surface area contributed by atoms with Gasteiger partial charge in [0.15, 0.2) is 5.82 Å². The van der Waals surface area contributed by atoms with Crippen molar-refractivity contribution in [3.8, 4) is 45.1 Å². The molecule has 0 fully saturated rings. The van der Waals surface area contributed by atoms with E-state index in [-0.39, 0.29) is 5.41 Å². The summed E-state index contributed by atoms with van der Waals surface area (Å²) in [6.45, 7) is 4.58. The van der Waals surface area contributed by atoms with Crippen molar-refractivity contribution >= 4 is 43.6 Å². The smallest absolute Gasteiger partial charge is 0.160 e. The fourth-order valence-corrected chi connectivity index (χ4v) is 8.94. The van der Waals surface area contributed by atoms with Gasteiger partial charge in [-0.3, -0.25) is 0 Å². The third-order valence-electron chi connectivity index (χ3n) is 11.3. The van der Waals surface area contributed by atoms with E-state index < -0.39 is 0 Å². The van der Waals surface area contributed by atoms with Crippen molar-refractivity contribution in [2.24, 2.45) is 0 Å². The van der Waals surface area contributed by atoms with E-state index in [0.29, 0.717) is 0 Å². The van der Waals surface area contributed by atoms with Gasteiger partial charge in [-0.25, -0.2) is 9.97 Å². The molecule has 7 aromatic carbocycles. The summed E-state index contributed by atoms with van der Waals surface area (Å²) >= 11 is 0. The molecule has 0 N–H and O–H groups in total. The van der Waals surface area contributed by atoms with E-state index in [2.05, 4.69) is 187 Å². The number of hydrogen-bond acceptors (Lipinski definition) is 2. The monoisotopic (exact) mass is 678 g/mol. The maximum atomic E-state index is 5.48. The lowest BCUT2D eigenvalue weighted by atomic mass is 9.85. The summed E-state index contributed by atoms with van der Waals surface area (Å²) in [5.41, 5.74) is 14.4. The first-order chi connectivity index (χ1) is 26.1. The Morgan fingerprint density at radius 3 is 1.89 bits per heavy atom. The SMILES string of the molecule is CC1(C)c2ccccc2-c2c(-c3ccccc3-n3c4ccccc4c4c3ccc3c5ccccc5n(-c5ccccc5)c34)nc(-c3ccccc3)nc21. The molecule has 4 nitrogen and oxygen atoms in total. The molecule has 53 heavy (non-hydrogen) atoms. The first kappa shape index (κ1) is 29.9. The molecule has 11 rings (SSSR count). The maximum absolute atomic E-state index is 5.48. The number of rotatable bonds is 4. The van der Waals surface area contributed by atoms with E-state index in [9.17, 15) is 0 Å². The highest BCUT2D eigenvalue weighted by molar-refractivity contribution is 6.26. The van der Waals surface area contributed by atoms with Crippen LogP contribution in [0.2, 0.25) is 0 Å². The number of nitrogens with zero attached hydrogens (tertiary/aromatic N) is 4. The number of para-hydroxylation sites is 4. The summed E-state index contributed by atoms with van der Waals surface area (Å²) in [4.78, 5) is 10.8. The molecule has 3 aromatic heterocycles. The minimum Gasteiger partial charge on any atom is -0.309 e. The highest BCUT2D eigenvalue weighted by Crippen LogP contribution is 2.52. The number of benzene rings is 7. The lowest BCUT2D eigenvalue weighted by molar-refractivity contribution is 0.636. The second-order valence-corrected chi connectivity index (χ2v) is 14.6. The average molecular weight is 679 g/mol. The van der Waals surface area contributed by atoms with Gasteiger partial charge in [0.25, 0.3) is 0 Å². The van der Waals surface area contributed by atoms with Crippen LogP contribution in [0.5, 0.6) is 0 Å². The molecule has 3 heterocycles. The lowest BCUT2D eigenvalue weighted by Gasteiger charge is -2.21. The Bertz CT molecular complexity index is 3080. The molecule has 0 unspecified atom stereocenters. The van der Waals surface area contributed by atoms with Crippen LogP contribution in [-0.2, 0) is 5.41 Å². The van der Waals surface area contributed by atoms with Gasteiger partial charge in [0, 0.05) is 49.3 Å². The second-order valence-electron chi connectivity index (χ2n) is 14.6. The van der Waals surface area contributed by atoms with Crippen molar-refractivity contribution in [1.29, 1.82) is 0 Å². The van der Waals surface area contributed by atoms with Gasteiger partial charge in [0.2, 0.25) is 0 Å². The first-order valence-electron chi connectivity index (χ1n) is 18.3. The van der Waals surface area contributed by atoms with Gasteiger partial charge in [-0.1, -0.05) is 147 Å². The first-order valence-corrected chi connectivity index (χ1v) is 18.3. The van der Waals surface area contributed by atoms with Crippen molar-refractivity contribution in [3.05, 3.63) is 181 Å². The molecule has 250 valence electrons. The maximum Gasteiger partial charge on any atom is 0.160 e. The van der Waals surface area contributed by atoms with Gasteiger partial charge in [-0.2, -0.15) is 0 Å². The van der Waals surface area contributed by atoms with E-state index in [4.69, 9.17) is 9.97 Å². The molecule has 0 aliphatic heterocycles. The standard InChI is InChI=1S/C49H34N4/c1-49(2)38-25-13-9-22-35(38)44-45(50-48(51-47(44)49)31-17-5-3-6-18-31)37-24-12-16-28-41(37)53-40-27-15-11-23-36(40)43-42(53)30-29-34-33-21-10-14-26-39(33)52(46(34)43)32-19-7-4-8-20-32/h3-30H,1-2H3. The molecule has 4 heteroatoms. The molecular weight excluding hydrogens is 645 g/mol. The summed E-state index contributed by atoms with van der Waals surface area (Å²) in [6, 6.07) is 60.9. The summed E-state index contributed by atoms with van der Waals surface area (Å²) < 4.78 is 4.90. The van der Waals surface area contributed by atoms with Crippen LogP contribution >= 0.6 is 0 Å². The summed E-state index contributed by atoms with van der Waals surface area (Å²) in [6.07, 6.45) is 0.